The maximum atomic E-state index is 13.1. The number of hydrogen-bond acceptors (Lipinski definition) is 4. The molecule has 0 aromatic heterocycles. The Morgan fingerprint density at radius 2 is 2.00 bits per heavy atom. The third-order valence-electron chi connectivity index (χ3n) is 2.51. The van der Waals surface area contributed by atoms with E-state index in [1.165, 1.54) is 12.1 Å². The van der Waals surface area contributed by atoms with Crippen LogP contribution < -0.4 is 5.73 Å². The van der Waals surface area contributed by atoms with Gasteiger partial charge in [-0.05, 0) is 18.6 Å². The highest BCUT2D eigenvalue weighted by Crippen LogP contribution is 2.17. The first-order chi connectivity index (χ1) is 8.37. The van der Waals surface area contributed by atoms with E-state index in [1.54, 1.807) is 6.92 Å². The van der Waals surface area contributed by atoms with Crippen molar-refractivity contribution in [3.63, 3.8) is 0 Å². The van der Waals surface area contributed by atoms with Gasteiger partial charge >= 0.3 is 0 Å². The number of Topliss-reactive ketones (excluding diaryl/α,β-unsaturated/α-hetero) is 1. The van der Waals surface area contributed by atoms with Gasteiger partial charge in [-0.3, -0.25) is 4.79 Å². The molecule has 0 heterocycles. The zero-order chi connectivity index (χ0) is 13.8. The number of nitrogen functional groups attached to an aromatic ring is 1. The molecule has 0 amide bonds. The van der Waals surface area contributed by atoms with Crippen LogP contribution in [-0.4, -0.2) is 25.7 Å². The number of nitrogens with two attached hydrogens (primary N) is 1. The molecule has 18 heavy (non-hydrogen) atoms. The standard InChI is InChI=1S/C12H16FNO3S/c1-2-7-18(16,17)8-6-11(15)9-4-3-5-10(13)12(9)14/h3-5H,2,6-8,14H2,1H3. The quantitative estimate of drug-likeness (QED) is 0.633. The van der Waals surface area contributed by atoms with E-state index in [4.69, 9.17) is 5.73 Å². The Morgan fingerprint density at radius 1 is 1.33 bits per heavy atom. The Bertz CT molecular complexity index is 540. The number of hydrogen-bond donors (Lipinski definition) is 1. The lowest BCUT2D eigenvalue weighted by molar-refractivity contribution is 0.0989. The molecule has 0 radical (unpaired) electrons. The van der Waals surface area contributed by atoms with E-state index in [2.05, 4.69) is 0 Å². The van der Waals surface area contributed by atoms with Crippen LogP contribution in [0.15, 0.2) is 18.2 Å². The second kappa shape index (κ2) is 5.95. The van der Waals surface area contributed by atoms with Crippen molar-refractivity contribution in [2.75, 3.05) is 17.2 Å². The summed E-state index contributed by atoms with van der Waals surface area (Å²) in [6, 6.07) is 3.92. The summed E-state index contributed by atoms with van der Waals surface area (Å²) in [7, 11) is -3.21. The monoisotopic (exact) mass is 273 g/mol. The summed E-state index contributed by atoms with van der Waals surface area (Å²) in [6.45, 7) is 1.75. The number of carbonyl (C=O) groups excluding carboxylic acids is 1. The molecule has 0 saturated carbocycles. The number of halogens is 1. The van der Waals surface area contributed by atoms with Crippen molar-refractivity contribution >= 4 is 21.3 Å². The minimum absolute atomic E-state index is 0.0432. The minimum Gasteiger partial charge on any atom is -0.396 e. The molecule has 1 rings (SSSR count). The van der Waals surface area contributed by atoms with Gasteiger partial charge in [0.2, 0.25) is 0 Å². The van der Waals surface area contributed by atoms with Gasteiger partial charge in [-0.15, -0.1) is 0 Å². The number of rotatable bonds is 6. The third-order valence-corrected chi connectivity index (χ3v) is 4.36. The lowest BCUT2D eigenvalue weighted by Crippen LogP contribution is -2.15. The van der Waals surface area contributed by atoms with Gasteiger partial charge < -0.3 is 5.73 Å². The molecule has 4 nitrogen and oxygen atoms in total. The van der Waals surface area contributed by atoms with Gasteiger partial charge in [0.1, 0.15) is 5.82 Å². The Morgan fingerprint density at radius 3 is 2.61 bits per heavy atom. The van der Waals surface area contributed by atoms with Crippen molar-refractivity contribution in [2.24, 2.45) is 0 Å². The van der Waals surface area contributed by atoms with Gasteiger partial charge in [-0.2, -0.15) is 0 Å². The van der Waals surface area contributed by atoms with Gasteiger partial charge in [0.25, 0.3) is 0 Å². The van der Waals surface area contributed by atoms with Crippen LogP contribution in [0.2, 0.25) is 0 Å². The molecule has 0 aliphatic carbocycles. The second-order valence-corrected chi connectivity index (χ2v) is 6.33. The molecule has 0 unspecified atom stereocenters. The Labute approximate surface area is 106 Å². The van der Waals surface area contributed by atoms with Crippen LogP contribution >= 0.6 is 0 Å². The second-order valence-electron chi connectivity index (χ2n) is 4.03. The van der Waals surface area contributed by atoms with Crippen molar-refractivity contribution < 1.29 is 17.6 Å². The fraction of sp³-hybridized carbons (Fsp3) is 0.417. The summed E-state index contributed by atoms with van der Waals surface area (Å²) >= 11 is 0. The molecular weight excluding hydrogens is 257 g/mol. The van der Waals surface area contributed by atoms with Crippen molar-refractivity contribution in [2.45, 2.75) is 19.8 Å². The van der Waals surface area contributed by atoms with E-state index in [0.717, 1.165) is 6.07 Å². The predicted molar refractivity (Wildman–Crippen MR) is 68.7 cm³/mol. The molecule has 100 valence electrons. The van der Waals surface area contributed by atoms with Crippen LogP contribution in [0.3, 0.4) is 0 Å². The molecule has 1 aromatic rings. The third kappa shape index (κ3) is 3.80. The molecular formula is C12H16FNO3S. The zero-order valence-electron chi connectivity index (χ0n) is 10.1. The summed E-state index contributed by atoms with van der Waals surface area (Å²) in [5, 5.41) is 0. The van der Waals surface area contributed by atoms with E-state index in [9.17, 15) is 17.6 Å². The fourth-order valence-electron chi connectivity index (χ4n) is 1.58. The van der Waals surface area contributed by atoms with Crippen LogP contribution in [0.1, 0.15) is 30.1 Å². The van der Waals surface area contributed by atoms with Crippen LogP contribution in [0.4, 0.5) is 10.1 Å². The number of sulfone groups is 1. The van der Waals surface area contributed by atoms with Gasteiger partial charge in [0.05, 0.1) is 11.4 Å². The number of carbonyl (C=O) groups is 1. The number of benzene rings is 1. The van der Waals surface area contributed by atoms with Gasteiger partial charge in [0, 0.05) is 17.7 Å². The predicted octanol–water partition coefficient (Wildman–Crippen LogP) is 1.81. The molecule has 0 aliphatic rings. The summed E-state index contributed by atoms with van der Waals surface area (Å²) in [4.78, 5) is 11.8. The van der Waals surface area contributed by atoms with Crippen molar-refractivity contribution in [3.8, 4) is 0 Å². The van der Waals surface area contributed by atoms with Crippen molar-refractivity contribution in [1.82, 2.24) is 0 Å². The molecule has 0 bridgehead atoms. The lowest BCUT2D eigenvalue weighted by Gasteiger charge is -2.06. The molecule has 0 aliphatic heterocycles. The first-order valence-electron chi connectivity index (χ1n) is 5.65. The van der Waals surface area contributed by atoms with Crippen LogP contribution in [0.25, 0.3) is 0 Å². The maximum Gasteiger partial charge on any atom is 0.166 e. The molecule has 6 heteroatoms. The minimum atomic E-state index is -3.21. The van der Waals surface area contributed by atoms with Gasteiger partial charge in [0.15, 0.2) is 15.6 Å². The highest BCUT2D eigenvalue weighted by atomic mass is 32.2. The van der Waals surface area contributed by atoms with Crippen molar-refractivity contribution in [1.29, 1.82) is 0 Å². The smallest absolute Gasteiger partial charge is 0.166 e. The maximum absolute atomic E-state index is 13.1. The largest absolute Gasteiger partial charge is 0.396 e. The Balaban J connectivity index is 2.75. The number of anilines is 1. The number of para-hydroxylation sites is 1. The normalized spacial score (nSPS) is 11.4. The van der Waals surface area contributed by atoms with E-state index in [0.29, 0.717) is 6.42 Å². The average Bonchev–Trinajstić information content (AvgIpc) is 2.30. The summed E-state index contributed by atoms with van der Waals surface area (Å²) in [5.74, 6) is -1.29. The molecule has 0 atom stereocenters. The molecule has 0 spiro atoms. The molecule has 1 aromatic carbocycles. The first kappa shape index (κ1) is 14.6. The van der Waals surface area contributed by atoms with E-state index in [1.807, 2.05) is 0 Å². The van der Waals surface area contributed by atoms with Crippen molar-refractivity contribution in [3.05, 3.63) is 29.6 Å². The Hall–Kier alpha value is -1.43. The van der Waals surface area contributed by atoms with Crippen LogP contribution in [0, 0.1) is 5.82 Å². The van der Waals surface area contributed by atoms with Crippen LogP contribution in [0.5, 0.6) is 0 Å². The summed E-state index contributed by atoms with van der Waals surface area (Å²) in [5.41, 5.74) is 5.25. The highest BCUT2D eigenvalue weighted by Gasteiger charge is 2.16. The fourth-order valence-corrected chi connectivity index (χ4v) is 2.90. The first-order valence-corrected chi connectivity index (χ1v) is 7.47. The average molecular weight is 273 g/mol. The summed E-state index contributed by atoms with van der Waals surface area (Å²) < 4.78 is 36.1. The zero-order valence-corrected chi connectivity index (χ0v) is 11.0. The number of ketones is 1. The summed E-state index contributed by atoms with van der Waals surface area (Å²) in [6.07, 6.45) is 0.342. The SMILES string of the molecule is CCCS(=O)(=O)CCC(=O)c1cccc(F)c1N. The molecule has 0 fully saturated rings. The Kier molecular flexibility index (Phi) is 4.84. The molecule has 2 N–H and O–H groups in total. The highest BCUT2D eigenvalue weighted by molar-refractivity contribution is 7.91. The van der Waals surface area contributed by atoms with Gasteiger partial charge in [-0.1, -0.05) is 13.0 Å². The van der Waals surface area contributed by atoms with E-state index >= 15 is 0 Å². The van der Waals surface area contributed by atoms with Crippen LogP contribution in [-0.2, 0) is 9.84 Å². The van der Waals surface area contributed by atoms with Gasteiger partial charge in [-0.25, -0.2) is 12.8 Å². The topological polar surface area (TPSA) is 77.2 Å². The lowest BCUT2D eigenvalue weighted by atomic mass is 10.1. The van der Waals surface area contributed by atoms with E-state index in [-0.39, 0.29) is 29.2 Å². The van der Waals surface area contributed by atoms with E-state index < -0.39 is 21.4 Å². The molecule has 0 saturated heterocycles.